The van der Waals surface area contributed by atoms with Crippen molar-refractivity contribution in [3.63, 3.8) is 0 Å². The first-order valence-corrected chi connectivity index (χ1v) is 7.53. The summed E-state index contributed by atoms with van der Waals surface area (Å²) in [5.41, 5.74) is 0.167. The summed E-state index contributed by atoms with van der Waals surface area (Å²) in [5, 5.41) is 3.34. The van der Waals surface area contributed by atoms with Crippen LogP contribution in [-0.2, 0) is 17.4 Å². The molecule has 0 saturated carbocycles. The van der Waals surface area contributed by atoms with E-state index >= 15 is 0 Å². The molecule has 2 saturated heterocycles. The van der Waals surface area contributed by atoms with Crippen molar-refractivity contribution >= 4 is 18.3 Å². The van der Waals surface area contributed by atoms with E-state index in [0.717, 1.165) is 51.2 Å². The molecule has 1 aromatic rings. The van der Waals surface area contributed by atoms with Gasteiger partial charge in [-0.15, -0.1) is 12.4 Å². The molecule has 0 aliphatic carbocycles. The lowest BCUT2D eigenvalue weighted by molar-refractivity contribution is -0.137. The summed E-state index contributed by atoms with van der Waals surface area (Å²) in [6, 6.07) is 4.86. The van der Waals surface area contributed by atoms with Gasteiger partial charge < -0.3 is 10.2 Å². The summed E-state index contributed by atoms with van der Waals surface area (Å²) in [6.07, 6.45) is -2.06. The predicted molar refractivity (Wildman–Crippen MR) is 83.5 cm³/mol. The molecular formula is C16H20ClF3N2O. The molecule has 7 heteroatoms. The third-order valence-corrected chi connectivity index (χ3v) is 4.76. The Labute approximate surface area is 139 Å². The molecule has 3 rings (SSSR count). The molecule has 23 heavy (non-hydrogen) atoms. The summed E-state index contributed by atoms with van der Waals surface area (Å²) in [4.78, 5) is 14.2. The monoisotopic (exact) mass is 348 g/mol. The standard InChI is InChI=1S/C16H19F3N2O.ClH/c17-16(18,19)13-3-1-12(2-4-13)9-14(22)21-8-6-15(11-21)5-7-20-10-15;/h1-4,20H,5-11H2;1H. The average Bonchev–Trinajstić information content (AvgIpc) is 3.09. The summed E-state index contributed by atoms with van der Waals surface area (Å²) < 4.78 is 37.5. The second kappa shape index (κ2) is 6.69. The van der Waals surface area contributed by atoms with Gasteiger partial charge in [0, 0.05) is 25.0 Å². The maximum atomic E-state index is 12.5. The molecule has 0 bridgehead atoms. The van der Waals surface area contributed by atoms with Gasteiger partial charge >= 0.3 is 6.18 Å². The van der Waals surface area contributed by atoms with Crippen LogP contribution in [-0.4, -0.2) is 37.0 Å². The van der Waals surface area contributed by atoms with Gasteiger partial charge in [0.1, 0.15) is 0 Å². The van der Waals surface area contributed by atoms with E-state index in [-0.39, 0.29) is 30.2 Å². The Morgan fingerprint density at radius 1 is 1.22 bits per heavy atom. The van der Waals surface area contributed by atoms with E-state index in [1.54, 1.807) is 0 Å². The molecule has 0 radical (unpaired) electrons. The van der Waals surface area contributed by atoms with Crippen LogP contribution in [0.2, 0.25) is 0 Å². The van der Waals surface area contributed by atoms with E-state index in [2.05, 4.69) is 5.32 Å². The van der Waals surface area contributed by atoms with Gasteiger partial charge in [-0.3, -0.25) is 4.79 Å². The van der Waals surface area contributed by atoms with Crippen LogP contribution in [0.4, 0.5) is 13.2 Å². The first-order valence-electron chi connectivity index (χ1n) is 7.53. The number of carbonyl (C=O) groups is 1. The highest BCUT2D eigenvalue weighted by atomic mass is 35.5. The molecule has 2 aliphatic rings. The fourth-order valence-corrected chi connectivity index (χ4v) is 3.39. The Morgan fingerprint density at radius 2 is 1.91 bits per heavy atom. The second-order valence-corrected chi connectivity index (χ2v) is 6.36. The van der Waals surface area contributed by atoms with E-state index in [1.807, 2.05) is 4.90 Å². The highest BCUT2D eigenvalue weighted by Crippen LogP contribution is 2.36. The Kier molecular flexibility index (Phi) is 5.26. The topological polar surface area (TPSA) is 32.3 Å². The number of rotatable bonds is 2. The molecule has 1 unspecified atom stereocenters. The van der Waals surface area contributed by atoms with Gasteiger partial charge in [-0.25, -0.2) is 0 Å². The second-order valence-electron chi connectivity index (χ2n) is 6.36. The number of halogens is 4. The van der Waals surface area contributed by atoms with Crippen LogP contribution in [0, 0.1) is 5.41 Å². The molecule has 2 fully saturated rings. The van der Waals surface area contributed by atoms with Crippen LogP contribution < -0.4 is 5.32 Å². The molecule has 1 aromatic carbocycles. The largest absolute Gasteiger partial charge is 0.416 e. The predicted octanol–water partition coefficient (Wildman–Crippen LogP) is 2.88. The lowest BCUT2D eigenvalue weighted by atomic mass is 9.86. The van der Waals surface area contributed by atoms with E-state index in [9.17, 15) is 18.0 Å². The quantitative estimate of drug-likeness (QED) is 0.891. The fraction of sp³-hybridized carbons (Fsp3) is 0.562. The highest BCUT2D eigenvalue weighted by molar-refractivity contribution is 5.85. The van der Waals surface area contributed by atoms with Crippen LogP contribution in [0.1, 0.15) is 24.0 Å². The van der Waals surface area contributed by atoms with Gasteiger partial charge in [0.05, 0.1) is 12.0 Å². The Hall–Kier alpha value is -1.27. The zero-order valence-electron chi connectivity index (χ0n) is 12.7. The zero-order valence-corrected chi connectivity index (χ0v) is 13.5. The van der Waals surface area contributed by atoms with Crippen LogP contribution in [0.3, 0.4) is 0 Å². The molecule has 1 spiro atoms. The Bertz CT molecular complexity index is 553. The lowest BCUT2D eigenvalue weighted by Crippen LogP contribution is -2.34. The third-order valence-electron chi connectivity index (χ3n) is 4.76. The number of carbonyl (C=O) groups excluding carboxylic acids is 1. The van der Waals surface area contributed by atoms with Gasteiger partial charge in [0.2, 0.25) is 5.91 Å². The first kappa shape index (κ1) is 18.1. The molecule has 3 nitrogen and oxygen atoms in total. The molecular weight excluding hydrogens is 329 g/mol. The summed E-state index contributed by atoms with van der Waals surface area (Å²) in [5.74, 6) is 0.00327. The van der Waals surface area contributed by atoms with Crippen molar-refractivity contribution in [3.05, 3.63) is 35.4 Å². The Morgan fingerprint density at radius 3 is 2.48 bits per heavy atom. The van der Waals surface area contributed by atoms with Crippen LogP contribution in [0.25, 0.3) is 0 Å². The smallest absolute Gasteiger partial charge is 0.342 e. The van der Waals surface area contributed by atoms with Gasteiger partial charge in [0.15, 0.2) is 0 Å². The van der Waals surface area contributed by atoms with Crippen molar-refractivity contribution in [1.82, 2.24) is 10.2 Å². The molecule has 1 atom stereocenters. The number of alkyl halides is 3. The van der Waals surface area contributed by atoms with E-state index in [4.69, 9.17) is 0 Å². The minimum atomic E-state index is -4.33. The zero-order chi connectivity index (χ0) is 15.8. The number of amides is 1. The van der Waals surface area contributed by atoms with E-state index in [1.165, 1.54) is 12.1 Å². The minimum Gasteiger partial charge on any atom is -0.342 e. The molecule has 128 valence electrons. The van der Waals surface area contributed by atoms with Crippen molar-refractivity contribution in [2.45, 2.75) is 25.4 Å². The minimum absolute atomic E-state index is 0. The molecule has 2 aliphatic heterocycles. The number of hydrogen-bond acceptors (Lipinski definition) is 2. The van der Waals surface area contributed by atoms with Gasteiger partial charge in [-0.2, -0.15) is 13.2 Å². The molecule has 1 N–H and O–H groups in total. The van der Waals surface area contributed by atoms with Crippen molar-refractivity contribution in [3.8, 4) is 0 Å². The van der Waals surface area contributed by atoms with Crippen molar-refractivity contribution < 1.29 is 18.0 Å². The maximum Gasteiger partial charge on any atom is 0.416 e. The number of hydrogen-bond donors (Lipinski definition) is 1. The SMILES string of the molecule is Cl.O=C(Cc1ccc(C(F)(F)F)cc1)N1CCC2(CCNC2)C1. The highest BCUT2D eigenvalue weighted by Gasteiger charge is 2.41. The lowest BCUT2D eigenvalue weighted by Gasteiger charge is -2.22. The van der Waals surface area contributed by atoms with Crippen molar-refractivity contribution in [2.24, 2.45) is 5.41 Å². The maximum absolute atomic E-state index is 12.5. The van der Waals surface area contributed by atoms with E-state index in [0.29, 0.717) is 5.56 Å². The third kappa shape index (κ3) is 3.98. The van der Waals surface area contributed by atoms with Gasteiger partial charge in [-0.1, -0.05) is 12.1 Å². The van der Waals surface area contributed by atoms with Crippen LogP contribution in [0.15, 0.2) is 24.3 Å². The molecule has 1 amide bonds. The summed E-state index contributed by atoms with van der Waals surface area (Å²) in [6.45, 7) is 3.47. The summed E-state index contributed by atoms with van der Waals surface area (Å²) in [7, 11) is 0. The number of likely N-dealkylation sites (tertiary alicyclic amines) is 1. The fourth-order valence-electron chi connectivity index (χ4n) is 3.39. The van der Waals surface area contributed by atoms with E-state index < -0.39 is 11.7 Å². The Balaban J connectivity index is 0.00000192. The number of nitrogens with one attached hydrogen (secondary N) is 1. The average molecular weight is 349 g/mol. The molecule has 2 heterocycles. The van der Waals surface area contributed by atoms with Crippen molar-refractivity contribution in [1.29, 1.82) is 0 Å². The normalized spacial score (nSPS) is 24.0. The number of nitrogens with zero attached hydrogens (tertiary/aromatic N) is 1. The van der Waals surface area contributed by atoms with Crippen molar-refractivity contribution in [2.75, 3.05) is 26.2 Å². The first-order chi connectivity index (χ1) is 10.4. The molecule has 0 aromatic heterocycles. The van der Waals surface area contributed by atoms with Gasteiger partial charge in [0.25, 0.3) is 0 Å². The van der Waals surface area contributed by atoms with Crippen LogP contribution in [0.5, 0.6) is 0 Å². The summed E-state index contributed by atoms with van der Waals surface area (Å²) >= 11 is 0. The van der Waals surface area contributed by atoms with Crippen LogP contribution >= 0.6 is 12.4 Å². The van der Waals surface area contributed by atoms with Gasteiger partial charge in [-0.05, 0) is 37.1 Å². The number of benzene rings is 1.